The number of nitrogens with zero attached hydrogens (tertiary/aromatic N) is 3. The van der Waals surface area contributed by atoms with Gasteiger partial charge in [-0.05, 0) is 0 Å². The van der Waals surface area contributed by atoms with E-state index in [0.29, 0.717) is 0 Å². The van der Waals surface area contributed by atoms with Crippen molar-refractivity contribution in [1.29, 1.82) is 0 Å². The maximum atomic E-state index is 4.84. The van der Waals surface area contributed by atoms with Crippen molar-refractivity contribution in [2.45, 2.75) is 0 Å². The summed E-state index contributed by atoms with van der Waals surface area (Å²) in [5.74, 6) is 0. The maximum absolute atomic E-state index is 4.84. The number of para-hydroxylation sites is 3. The molecule has 0 radical (unpaired) electrons. The number of aromatic nitrogens is 2. The van der Waals surface area contributed by atoms with E-state index in [-0.39, 0.29) is 0 Å². The predicted molar refractivity (Wildman–Crippen MR) is 133 cm³/mol. The summed E-state index contributed by atoms with van der Waals surface area (Å²) < 4.78 is 5.65. The number of anilines is 3. The number of benzene rings is 3. The first kappa shape index (κ1) is 17.9. The zero-order valence-electron chi connectivity index (χ0n) is 17.3. The van der Waals surface area contributed by atoms with Gasteiger partial charge in [0.15, 0.2) is 0 Å². The van der Waals surface area contributed by atoms with Crippen LogP contribution in [0.3, 0.4) is 0 Å². The molecule has 0 aliphatic carbocycles. The second-order valence-electron chi connectivity index (χ2n) is 8.25. The van der Waals surface area contributed by atoms with Gasteiger partial charge in [-0.1, -0.05) is 0 Å². The zero-order chi connectivity index (χ0) is 21.1. The third-order valence-electron chi connectivity index (χ3n) is 6.76. The number of hydrogen-bond acceptors (Lipinski definition) is 3. The molecule has 4 heteroatoms. The fourth-order valence-electron chi connectivity index (χ4n) is 5.62. The quantitative estimate of drug-likeness (QED) is 0.344. The summed E-state index contributed by atoms with van der Waals surface area (Å²) in [6.45, 7) is 0. The average molecular weight is 470 g/mol. The molecule has 2 aromatic heterocycles. The van der Waals surface area contributed by atoms with E-state index < -0.39 is 13.3 Å². The topological polar surface area (TPSA) is 29.0 Å². The molecule has 4 heterocycles. The normalized spacial score (nSPS) is 14.4. The van der Waals surface area contributed by atoms with Crippen LogP contribution in [0.2, 0.25) is 0 Å². The molecule has 0 fully saturated rings. The minimum absolute atomic E-state index is 1.06. The first-order chi connectivity index (χ1) is 15.9. The molecular weight excluding hydrogens is 451 g/mol. The number of rotatable bonds is 1. The first-order valence-corrected chi connectivity index (χ1v) is 15.1. The van der Waals surface area contributed by atoms with Crippen LogP contribution in [-0.4, -0.2) is 23.2 Å². The Morgan fingerprint density at radius 1 is 0.469 bits per heavy atom. The Bertz CT molecular complexity index is 1400. The summed E-state index contributed by atoms with van der Waals surface area (Å²) in [6, 6.07) is 37.4. The van der Waals surface area contributed by atoms with Crippen LogP contribution in [0.15, 0.2) is 116 Å². The molecule has 5 aromatic rings. The summed E-state index contributed by atoms with van der Waals surface area (Å²) in [6.07, 6.45) is 3.80. The fourth-order valence-corrected chi connectivity index (χ4v) is 16.9. The van der Waals surface area contributed by atoms with Gasteiger partial charge < -0.3 is 0 Å². The van der Waals surface area contributed by atoms with Gasteiger partial charge >= 0.3 is 190 Å². The van der Waals surface area contributed by atoms with Crippen LogP contribution in [-0.2, 0) is 0 Å². The van der Waals surface area contributed by atoms with E-state index >= 15 is 0 Å². The summed E-state index contributed by atoms with van der Waals surface area (Å²) in [4.78, 5) is 12.1. The van der Waals surface area contributed by atoms with Crippen molar-refractivity contribution in [2.24, 2.45) is 0 Å². The second-order valence-corrected chi connectivity index (χ2v) is 15.9. The van der Waals surface area contributed by atoms with Crippen LogP contribution in [0.1, 0.15) is 0 Å². The molecule has 0 N–H and O–H groups in total. The van der Waals surface area contributed by atoms with Gasteiger partial charge in [-0.3, -0.25) is 0 Å². The van der Waals surface area contributed by atoms with Gasteiger partial charge in [-0.25, -0.2) is 0 Å². The van der Waals surface area contributed by atoms with Crippen molar-refractivity contribution < 1.29 is 0 Å². The Balaban J connectivity index is 1.67. The molecule has 0 saturated carbocycles. The summed E-state index contributed by atoms with van der Waals surface area (Å²) >= 11 is -3.28. The number of pyridine rings is 2. The van der Waals surface area contributed by atoms with Gasteiger partial charge in [0.2, 0.25) is 0 Å². The van der Waals surface area contributed by atoms with Crippen LogP contribution in [0, 0.1) is 0 Å². The molecule has 2 aliphatic rings. The van der Waals surface area contributed by atoms with Crippen molar-refractivity contribution in [3.8, 4) is 11.4 Å². The Hall–Kier alpha value is -3.70. The van der Waals surface area contributed by atoms with Crippen molar-refractivity contribution in [3.05, 3.63) is 116 Å². The summed E-state index contributed by atoms with van der Waals surface area (Å²) in [7, 11) is 0. The summed E-state index contributed by atoms with van der Waals surface area (Å²) in [5.41, 5.74) is 5.83. The van der Waals surface area contributed by atoms with Crippen molar-refractivity contribution in [3.63, 3.8) is 0 Å². The molecule has 1 spiro atoms. The Morgan fingerprint density at radius 2 is 0.938 bits per heavy atom. The molecular formula is C28H19GeN3. The number of fused-ring (bicyclic) bond motifs is 9. The molecule has 0 bridgehead atoms. The van der Waals surface area contributed by atoms with Crippen LogP contribution >= 0.6 is 0 Å². The summed E-state index contributed by atoms with van der Waals surface area (Å²) in [5, 5.41) is 0. The van der Waals surface area contributed by atoms with Crippen molar-refractivity contribution in [1.82, 2.24) is 9.97 Å². The molecule has 3 nitrogen and oxygen atoms in total. The molecule has 0 atom stereocenters. The van der Waals surface area contributed by atoms with Gasteiger partial charge in [0.05, 0.1) is 0 Å². The van der Waals surface area contributed by atoms with Crippen molar-refractivity contribution >= 4 is 47.9 Å². The van der Waals surface area contributed by atoms with Gasteiger partial charge in [-0.15, -0.1) is 0 Å². The molecule has 7 rings (SSSR count). The fraction of sp³-hybridized carbons (Fsp3) is 0. The average Bonchev–Trinajstić information content (AvgIpc) is 3.16. The van der Waals surface area contributed by atoms with Gasteiger partial charge in [-0.2, -0.15) is 0 Å². The van der Waals surface area contributed by atoms with Gasteiger partial charge in [0, 0.05) is 0 Å². The first-order valence-electron chi connectivity index (χ1n) is 10.9. The van der Waals surface area contributed by atoms with Crippen LogP contribution in [0.25, 0.3) is 11.4 Å². The Morgan fingerprint density at radius 3 is 1.50 bits per heavy atom. The molecule has 32 heavy (non-hydrogen) atoms. The minimum atomic E-state index is -3.28. The monoisotopic (exact) mass is 471 g/mol. The van der Waals surface area contributed by atoms with Crippen LogP contribution < -0.4 is 22.5 Å². The van der Waals surface area contributed by atoms with E-state index in [1.165, 1.54) is 34.6 Å². The predicted octanol–water partition coefficient (Wildman–Crippen LogP) is 3.62. The Kier molecular flexibility index (Phi) is 3.73. The SMILES string of the molecule is c1ccc(N2c3cccc[c]3[Ge]3([c]4ccccc42)[c]2cccnc2-c2nccc[c]23)cc1. The molecule has 3 aromatic carbocycles. The third kappa shape index (κ3) is 2.16. The van der Waals surface area contributed by atoms with E-state index in [0.717, 1.165) is 11.4 Å². The molecule has 2 aliphatic heterocycles. The third-order valence-corrected chi connectivity index (χ3v) is 17.0. The Labute approximate surface area is 189 Å². The van der Waals surface area contributed by atoms with Gasteiger partial charge in [0.1, 0.15) is 0 Å². The van der Waals surface area contributed by atoms with E-state index in [1.807, 2.05) is 12.4 Å². The molecule has 0 unspecified atom stereocenters. The standard InChI is InChI=1S/C28H19GeN3/c1-2-10-20(11-3-1)32-25-16-6-4-12-21(25)29(22-13-5-7-17-26(22)32)23-14-8-18-30-27(23)28-24(29)15-9-19-31-28/h1-19H. The van der Waals surface area contributed by atoms with E-state index in [1.54, 1.807) is 0 Å². The van der Waals surface area contributed by atoms with Crippen LogP contribution in [0.5, 0.6) is 0 Å². The van der Waals surface area contributed by atoms with E-state index in [4.69, 9.17) is 9.97 Å². The van der Waals surface area contributed by atoms with E-state index in [9.17, 15) is 0 Å². The van der Waals surface area contributed by atoms with Gasteiger partial charge in [0.25, 0.3) is 0 Å². The zero-order valence-corrected chi connectivity index (χ0v) is 19.4. The molecule has 150 valence electrons. The molecule has 0 saturated heterocycles. The van der Waals surface area contributed by atoms with E-state index in [2.05, 4.69) is 108 Å². The second kappa shape index (κ2) is 6.65. The van der Waals surface area contributed by atoms with Crippen LogP contribution in [0.4, 0.5) is 17.1 Å². The van der Waals surface area contributed by atoms with Crippen molar-refractivity contribution in [2.75, 3.05) is 4.90 Å². The number of hydrogen-bond donors (Lipinski definition) is 0. The molecule has 0 amide bonds.